The summed E-state index contributed by atoms with van der Waals surface area (Å²) in [5.41, 5.74) is 0.763. The first-order valence-electron chi connectivity index (χ1n) is 14.5. The molecule has 0 bridgehead atoms. The van der Waals surface area contributed by atoms with E-state index in [1.165, 1.54) is 12.1 Å². The van der Waals surface area contributed by atoms with Crippen molar-refractivity contribution in [3.05, 3.63) is 57.8 Å². The van der Waals surface area contributed by atoms with Crippen molar-refractivity contribution in [3.8, 4) is 6.07 Å². The molecule has 0 unspecified atom stereocenters. The van der Waals surface area contributed by atoms with Crippen molar-refractivity contribution in [2.24, 2.45) is 0 Å². The van der Waals surface area contributed by atoms with E-state index in [1.54, 1.807) is 27.8 Å². The number of rotatable bonds is 4. The molecule has 1 aliphatic heterocycles. The molecule has 1 aromatic carbocycles. The van der Waals surface area contributed by atoms with Crippen LogP contribution in [-0.2, 0) is 4.74 Å². The van der Waals surface area contributed by atoms with Gasteiger partial charge in [0, 0.05) is 36.4 Å². The molecule has 3 aromatic rings. The summed E-state index contributed by atoms with van der Waals surface area (Å²) in [6.07, 6.45) is 6.33. The summed E-state index contributed by atoms with van der Waals surface area (Å²) in [5, 5.41) is 13.1. The average Bonchev–Trinajstić information content (AvgIpc) is 3.48. The zero-order valence-electron chi connectivity index (χ0n) is 24.5. The summed E-state index contributed by atoms with van der Waals surface area (Å²) in [6.45, 7) is 10.5. The lowest BCUT2D eigenvalue weighted by molar-refractivity contribution is 0.0204. The number of carbonyl (C=O) groups excluding carboxylic acids is 1. The molecule has 0 spiro atoms. The molecule has 2 fully saturated rings. The lowest BCUT2D eigenvalue weighted by atomic mass is 9.89. The van der Waals surface area contributed by atoms with Crippen molar-refractivity contribution in [1.29, 1.82) is 5.26 Å². The molecule has 1 N–H and O–H groups in total. The minimum Gasteiger partial charge on any atom is -0.444 e. The fraction of sp³-hybridized carbons (Fsp3) is 0.516. The summed E-state index contributed by atoms with van der Waals surface area (Å²) in [4.78, 5) is 36.0. The third kappa shape index (κ3) is 6.84. The van der Waals surface area contributed by atoms with Crippen LogP contribution in [0.2, 0.25) is 0 Å². The van der Waals surface area contributed by atoms with E-state index in [1.807, 2.05) is 40.7 Å². The van der Waals surface area contributed by atoms with Gasteiger partial charge in [0.15, 0.2) is 0 Å². The van der Waals surface area contributed by atoms with Gasteiger partial charge in [-0.25, -0.2) is 14.2 Å². The topological polar surface area (TPSA) is 113 Å². The Morgan fingerprint density at radius 1 is 1.12 bits per heavy atom. The van der Waals surface area contributed by atoms with Crippen molar-refractivity contribution < 1.29 is 13.9 Å². The third-order valence-corrected chi connectivity index (χ3v) is 7.43. The van der Waals surface area contributed by atoms with Gasteiger partial charge in [-0.05, 0) is 76.1 Å². The second kappa shape index (κ2) is 12.7. The molecule has 1 amide bonds. The Labute approximate surface area is 240 Å². The van der Waals surface area contributed by atoms with E-state index in [4.69, 9.17) is 4.74 Å². The quantitative estimate of drug-likeness (QED) is 0.372. The van der Waals surface area contributed by atoms with Crippen LogP contribution in [0.1, 0.15) is 96.2 Å². The Morgan fingerprint density at radius 3 is 2.41 bits per heavy atom. The summed E-state index contributed by atoms with van der Waals surface area (Å²) < 4.78 is 22.3. The number of halogens is 1. The van der Waals surface area contributed by atoms with E-state index in [0.717, 1.165) is 25.7 Å². The second-order valence-corrected chi connectivity index (χ2v) is 11.4. The van der Waals surface area contributed by atoms with E-state index < -0.39 is 5.60 Å². The molecule has 3 heterocycles. The Hall–Kier alpha value is -4.00. The number of aromatic nitrogens is 3. The smallest absolute Gasteiger partial charge is 0.410 e. The highest BCUT2D eigenvalue weighted by molar-refractivity contribution is 5.77. The van der Waals surface area contributed by atoms with Crippen molar-refractivity contribution >= 4 is 28.8 Å². The van der Waals surface area contributed by atoms with Crippen molar-refractivity contribution in [1.82, 2.24) is 19.4 Å². The Morgan fingerprint density at radius 2 is 1.80 bits per heavy atom. The van der Waals surface area contributed by atoms with E-state index >= 15 is 4.39 Å². The SMILES string of the molecule is CC.CC(C)(C)OC(=O)N1CCC(c2ccc(Nc3ncc4cc(C#N)c(=O)n(C5CCCC5)c4n3)cc2F)CC1. The van der Waals surface area contributed by atoms with Gasteiger partial charge in [0.1, 0.15) is 28.7 Å². The molecule has 5 rings (SSSR count). The number of anilines is 2. The number of piperidine rings is 1. The number of hydrogen-bond acceptors (Lipinski definition) is 7. The average molecular weight is 563 g/mol. The standard InChI is InChI=1S/C29H33FN6O3.C2H6/c1-29(2,3)39-28(38)35-12-10-18(11-13-35)23-9-8-21(15-24(23)30)33-27-32-17-20-14-19(16-31)26(37)36(25(20)34-27)22-6-4-5-7-22;1-2/h8-9,14-15,17-18,22H,4-7,10-13H2,1-3H3,(H,32,33,34);1-2H3. The van der Waals surface area contributed by atoms with E-state index in [9.17, 15) is 14.9 Å². The fourth-order valence-electron chi connectivity index (χ4n) is 5.53. The number of amides is 1. The number of ether oxygens (including phenoxy) is 1. The van der Waals surface area contributed by atoms with Gasteiger partial charge in [-0.1, -0.05) is 32.8 Å². The maximum atomic E-state index is 15.2. The largest absolute Gasteiger partial charge is 0.444 e. The number of pyridine rings is 1. The van der Waals surface area contributed by atoms with Crippen LogP contribution < -0.4 is 10.9 Å². The Balaban J connectivity index is 0.00000189. The molecule has 41 heavy (non-hydrogen) atoms. The van der Waals surface area contributed by atoms with Crippen LogP contribution in [-0.4, -0.2) is 44.2 Å². The van der Waals surface area contributed by atoms with E-state index in [-0.39, 0.29) is 40.9 Å². The predicted octanol–water partition coefficient (Wildman–Crippen LogP) is 6.80. The molecule has 1 saturated heterocycles. The number of nitriles is 1. The van der Waals surface area contributed by atoms with E-state index in [0.29, 0.717) is 48.2 Å². The molecular weight excluding hydrogens is 523 g/mol. The minimum atomic E-state index is -0.550. The van der Waals surface area contributed by atoms with Gasteiger partial charge in [-0.3, -0.25) is 9.36 Å². The van der Waals surface area contributed by atoms with Gasteiger partial charge in [-0.15, -0.1) is 0 Å². The first-order chi connectivity index (χ1) is 19.6. The molecule has 1 saturated carbocycles. The number of carbonyl (C=O) groups is 1. The van der Waals surface area contributed by atoms with Crippen LogP contribution in [0.4, 0.5) is 20.8 Å². The predicted molar refractivity (Wildman–Crippen MR) is 157 cm³/mol. The number of hydrogen-bond donors (Lipinski definition) is 1. The molecule has 9 nitrogen and oxygen atoms in total. The van der Waals surface area contributed by atoms with Crippen LogP contribution in [0, 0.1) is 17.1 Å². The van der Waals surface area contributed by atoms with Gasteiger partial charge >= 0.3 is 6.09 Å². The molecular formula is C31H39FN6O3. The zero-order valence-corrected chi connectivity index (χ0v) is 24.5. The first-order valence-corrected chi connectivity index (χ1v) is 14.5. The van der Waals surface area contributed by atoms with Crippen LogP contribution in [0.3, 0.4) is 0 Å². The highest BCUT2D eigenvalue weighted by atomic mass is 19.1. The zero-order chi connectivity index (χ0) is 29.7. The molecule has 2 aliphatic rings. The van der Waals surface area contributed by atoms with Gasteiger partial charge in [0.25, 0.3) is 5.56 Å². The van der Waals surface area contributed by atoms with Gasteiger partial charge in [-0.2, -0.15) is 10.2 Å². The third-order valence-electron chi connectivity index (χ3n) is 7.43. The highest BCUT2D eigenvalue weighted by Crippen LogP contribution is 2.33. The maximum absolute atomic E-state index is 15.2. The summed E-state index contributed by atoms with van der Waals surface area (Å²) >= 11 is 0. The van der Waals surface area contributed by atoms with Crippen molar-refractivity contribution in [2.75, 3.05) is 18.4 Å². The molecule has 2 aromatic heterocycles. The maximum Gasteiger partial charge on any atom is 0.410 e. The number of nitrogens with one attached hydrogen (secondary N) is 1. The first kappa shape index (κ1) is 30.0. The van der Waals surface area contributed by atoms with Gasteiger partial charge < -0.3 is 15.0 Å². The second-order valence-electron chi connectivity index (χ2n) is 11.4. The van der Waals surface area contributed by atoms with Gasteiger partial charge in [0.2, 0.25) is 5.95 Å². The molecule has 1 aliphatic carbocycles. The highest BCUT2D eigenvalue weighted by Gasteiger charge is 2.29. The molecule has 10 heteroatoms. The summed E-state index contributed by atoms with van der Waals surface area (Å²) in [6, 6.07) is 8.48. The monoisotopic (exact) mass is 562 g/mol. The number of nitrogens with zero attached hydrogens (tertiary/aromatic N) is 5. The van der Waals surface area contributed by atoms with Crippen molar-refractivity contribution in [3.63, 3.8) is 0 Å². The Bertz CT molecular complexity index is 1490. The van der Waals surface area contributed by atoms with Crippen LogP contribution in [0.5, 0.6) is 0 Å². The minimum absolute atomic E-state index is 0.00447. The number of benzene rings is 1. The fourth-order valence-corrected chi connectivity index (χ4v) is 5.53. The molecule has 0 atom stereocenters. The van der Waals surface area contributed by atoms with Crippen LogP contribution in [0.15, 0.2) is 35.3 Å². The normalized spacial score (nSPS) is 16.2. The van der Waals surface area contributed by atoms with E-state index in [2.05, 4.69) is 15.3 Å². The summed E-state index contributed by atoms with van der Waals surface area (Å²) in [5.74, 6) is -0.0842. The Kier molecular flexibility index (Phi) is 9.26. The summed E-state index contributed by atoms with van der Waals surface area (Å²) in [7, 11) is 0. The molecule has 218 valence electrons. The van der Waals surface area contributed by atoms with Crippen LogP contribution in [0.25, 0.3) is 11.0 Å². The lowest BCUT2D eigenvalue weighted by Crippen LogP contribution is -2.41. The van der Waals surface area contributed by atoms with Crippen LogP contribution >= 0.6 is 0 Å². The number of likely N-dealkylation sites (tertiary alicyclic amines) is 1. The lowest BCUT2D eigenvalue weighted by Gasteiger charge is -2.33. The molecule has 0 radical (unpaired) electrons. The number of fused-ring (bicyclic) bond motifs is 1. The van der Waals surface area contributed by atoms with Crippen molar-refractivity contribution in [2.45, 2.75) is 90.7 Å². The van der Waals surface area contributed by atoms with Gasteiger partial charge in [0.05, 0.1) is 0 Å².